The predicted octanol–water partition coefficient (Wildman–Crippen LogP) is 3.76. The number of hydrogen-bond donors (Lipinski definition) is 0. The Balaban J connectivity index is 1.87. The summed E-state index contributed by atoms with van der Waals surface area (Å²) < 4.78 is 10.8. The number of fused-ring (bicyclic) bond motifs is 2. The van der Waals surface area contributed by atoms with E-state index in [9.17, 15) is 9.59 Å². The quantitative estimate of drug-likeness (QED) is 0.730. The Morgan fingerprint density at radius 1 is 1.19 bits per heavy atom. The third kappa shape index (κ3) is 2.75. The fourth-order valence-electron chi connectivity index (χ4n) is 3.52. The summed E-state index contributed by atoms with van der Waals surface area (Å²) in [5.74, 6) is -1.92. The summed E-state index contributed by atoms with van der Waals surface area (Å²) in [7, 11) is 1.30. The average Bonchev–Trinajstić information content (AvgIpc) is 2.70. The second-order valence-electron chi connectivity index (χ2n) is 6.38. The van der Waals surface area contributed by atoms with Gasteiger partial charge in [0.25, 0.3) is 0 Å². The number of aliphatic imine (C=N–C) groups is 1. The summed E-state index contributed by atoms with van der Waals surface area (Å²) in [6, 6.07) is 18.4. The normalized spacial score (nSPS) is 29.0. The summed E-state index contributed by atoms with van der Waals surface area (Å²) in [6.45, 7) is 0. The van der Waals surface area contributed by atoms with Gasteiger partial charge in [-0.25, -0.2) is 9.79 Å². The SMILES string of the molecule is COC(=O)[C@@H]1C[C@]2(c3ccccc3)OC(=O)[C@@]1(Sc1ccccc1)N=C2Cl. The van der Waals surface area contributed by atoms with Crippen LogP contribution in [0.25, 0.3) is 0 Å². The summed E-state index contributed by atoms with van der Waals surface area (Å²) in [4.78, 5) is 29.6. The van der Waals surface area contributed by atoms with Crippen molar-refractivity contribution in [3.05, 3.63) is 66.2 Å². The Morgan fingerprint density at radius 3 is 2.44 bits per heavy atom. The van der Waals surface area contributed by atoms with Crippen molar-refractivity contribution in [2.75, 3.05) is 7.11 Å². The van der Waals surface area contributed by atoms with E-state index in [1.165, 1.54) is 7.11 Å². The molecule has 27 heavy (non-hydrogen) atoms. The summed E-state index contributed by atoms with van der Waals surface area (Å²) >= 11 is 7.71. The molecule has 0 unspecified atom stereocenters. The van der Waals surface area contributed by atoms with Crippen molar-refractivity contribution in [2.24, 2.45) is 10.9 Å². The molecule has 5 rings (SSSR count). The Morgan fingerprint density at radius 2 is 1.81 bits per heavy atom. The molecule has 1 saturated heterocycles. The molecule has 2 aromatic rings. The number of hydrogen-bond acceptors (Lipinski definition) is 6. The highest BCUT2D eigenvalue weighted by Gasteiger charge is 2.67. The number of esters is 2. The van der Waals surface area contributed by atoms with Crippen molar-refractivity contribution in [3.8, 4) is 0 Å². The zero-order valence-electron chi connectivity index (χ0n) is 14.4. The molecule has 0 radical (unpaired) electrons. The molecule has 3 aliphatic rings. The van der Waals surface area contributed by atoms with Gasteiger partial charge in [0.05, 0.1) is 7.11 Å². The molecule has 2 aromatic carbocycles. The van der Waals surface area contributed by atoms with Crippen LogP contribution in [0.4, 0.5) is 0 Å². The van der Waals surface area contributed by atoms with E-state index in [4.69, 9.17) is 21.1 Å². The number of thioether (sulfide) groups is 1. The summed E-state index contributed by atoms with van der Waals surface area (Å²) in [6.07, 6.45) is 0.178. The maximum absolute atomic E-state index is 13.1. The monoisotopic (exact) mass is 401 g/mol. The van der Waals surface area contributed by atoms with Crippen LogP contribution < -0.4 is 0 Å². The lowest BCUT2D eigenvalue weighted by Crippen LogP contribution is -2.63. The number of methoxy groups -OCH3 is 1. The maximum Gasteiger partial charge on any atom is 0.347 e. The first-order chi connectivity index (χ1) is 13.0. The minimum absolute atomic E-state index is 0.164. The number of halogens is 1. The van der Waals surface area contributed by atoms with Crippen LogP contribution in [0, 0.1) is 5.92 Å². The molecule has 2 bridgehead atoms. The first-order valence-corrected chi connectivity index (χ1v) is 9.58. The molecule has 0 aliphatic carbocycles. The number of nitrogens with zero attached hydrogens (tertiary/aromatic N) is 1. The standard InChI is InChI=1S/C20H16ClNO4S/c1-25-16(23)15-12-19(13-8-4-2-5-9-13)17(21)22-20(15,18(24)26-19)27-14-10-6-3-7-11-14/h2-11,15H,12H2,1H3/t15-,19+,20+/m0/s1. The largest absolute Gasteiger partial charge is 0.469 e. The molecular formula is C20H16ClNO4S. The van der Waals surface area contributed by atoms with E-state index in [1.54, 1.807) is 0 Å². The lowest BCUT2D eigenvalue weighted by Gasteiger charge is -2.50. The molecule has 0 saturated carbocycles. The van der Waals surface area contributed by atoms with Gasteiger partial charge in [-0.15, -0.1) is 0 Å². The number of ether oxygens (including phenoxy) is 2. The van der Waals surface area contributed by atoms with Crippen LogP contribution in [-0.2, 0) is 24.7 Å². The van der Waals surface area contributed by atoms with Crippen LogP contribution in [0.15, 0.2) is 70.6 Å². The summed E-state index contributed by atoms with van der Waals surface area (Å²) in [5.41, 5.74) is -0.586. The third-order valence-corrected chi connectivity index (χ3v) is 6.61. The molecule has 3 heterocycles. The van der Waals surface area contributed by atoms with E-state index >= 15 is 0 Å². The molecule has 0 amide bonds. The number of rotatable bonds is 4. The number of carbonyl (C=O) groups is 2. The molecule has 3 atom stereocenters. The zero-order valence-corrected chi connectivity index (χ0v) is 16.0. The number of carbonyl (C=O) groups excluding carboxylic acids is 2. The van der Waals surface area contributed by atoms with Gasteiger partial charge in [0.2, 0.25) is 4.87 Å². The Labute approximate surface area is 165 Å². The third-order valence-electron chi connectivity index (χ3n) is 4.86. The topological polar surface area (TPSA) is 65.0 Å². The molecule has 1 fully saturated rings. The van der Waals surface area contributed by atoms with E-state index in [0.717, 1.165) is 16.7 Å². The van der Waals surface area contributed by atoms with Gasteiger partial charge >= 0.3 is 11.9 Å². The first-order valence-electron chi connectivity index (χ1n) is 8.38. The summed E-state index contributed by atoms with van der Waals surface area (Å²) in [5, 5.41) is 0.164. The van der Waals surface area contributed by atoms with Gasteiger partial charge in [-0.05, 0) is 12.1 Å². The average molecular weight is 402 g/mol. The smallest absolute Gasteiger partial charge is 0.347 e. The van der Waals surface area contributed by atoms with Gasteiger partial charge < -0.3 is 9.47 Å². The van der Waals surface area contributed by atoms with Crippen molar-refractivity contribution in [1.29, 1.82) is 0 Å². The fourth-order valence-corrected chi connectivity index (χ4v) is 5.16. The second kappa shape index (κ2) is 6.69. The first kappa shape index (κ1) is 18.1. The maximum atomic E-state index is 13.1. The predicted molar refractivity (Wildman–Crippen MR) is 103 cm³/mol. The molecule has 5 nitrogen and oxygen atoms in total. The van der Waals surface area contributed by atoms with Crippen LogP contribution in [0.5, 0.6) is 0 Å². The lowest BCUT2D eigenvalue weighted by atomic mass is 9.76. The van der Waals surface area contributed by atoms with Crippen molar-refractivity contribution in [2.45, 2.75) is 21.8 Å². The van der Waals surface area contributed by atoms with Gasteiger partial charge in [-0.3, -0.25) is 4.79 Å². The molecule has 0 N–H and O–H groups in total. The van der Waals surface area contributed by atoms with Gasteiger partial charge in [-0.2, -0.15) is 0 Å². The molecule has 7 heteroatoms. The van der Waals surface area contributed by atoms with Gasteiger partial charge in [0.1, 0.15) is 5.92 Å². The highest BCUT2D eigenvalue weighted by atomic mass is 35.5. The van der Waals surface area contributed by atoms with Crippen LogP contribution in [0.1, 0.15) is 12.0 Å². The molecular weight excluding hydrogens is 386 g/mol. The molecule has 0 aromatic heterocycles. The minimum Gasteiger partial charge on any atom is -0.469 e. The molecule has 138 valence electrons. The van der Waals surface area contributed by atoms with Crippen molar-refractivity contribution >= 4 is 40.5 Å². The van der Waals surface area contributed by atoms with Crippen LogP contribution >= 0.6 is 23.4 Å². The highest BCUT2D eigenvalue weighted by molar-refractivity contribution is 8.01. The van der Waals surface area contributed by atoms with Crippen molar-refractivity contribution < 1.29 is 19.1 Å². The molecule has 0 spiro atoms. The fraction of sp³-hybridized carbons (Fsp3) is 0.250. The Hall–Kier alpha value is -2.31. The van der Waals surface area contributed by atoms with Crippen molar-refractivity contribution in [1.82, 2.24) is 0 Å². The zero-order chi connectivity index (χ0) is 19.1. The Bertz CT molecular complexity index is 920. The Kier molecular flexibility index (Phi) is 4.48. The van der Waals surface area contributed by atoms with Crippen molar-refractivity contribution in [3.63, 3.8) is 0 Å². The van der Waals surface area contributed by atoms with Crippen LogP contribution in [0.2, 0.25) is 0 Å². The molecule has 3 aliphatic heterocycles. The van der Waals surface area contributed by atoms with Gasteiger partial charge in [-0.1, -0.05) is 71.9 Å². The van der Waals surface area contributed by atoms with Crippen LogP contribution in [0.3, 0.4) is 0 Å². The second-order valence-corrected chi connectivity index (χ2v) is 8.03. The van der Waals surface area contributed by atoms with E-state index in [1.807, 2.05) is 60.7 Å². The lowest BCUT2D eigenvalue weighted by molar-refractivity contribution is -0.179. The van der Waals surface area contributed by atoms with E-state index in [0.29, 0.717) is 5.56 Å². The van der Waals surface area contributed by atoms with Crippen LogP contribution in [-0.4, -0.2) is 29.1 Å². The van der Waals surface area contributed by atoms with E-state index < -0.39 is 28.3 Å². The van der Waals surface area contributed by atoms with E-state index in [2.05, 4.69) is 4.99 Å². The highest BCUT2D eigenvalue weighted by Crippen LogP contribution is 2.56. The number of benzene rings is 2. The van der Waals surface area contributed by atoms with Gasteiger partial charge in [0, 0.05) is 16.9 Å². The van der Waals surface area contributed by atoms with E-state index in [-0.39, 0.29) is 11.6 Å². The minimum atomic E-state index is -1.50. The van der Waals surface area contributed by atoms with Gasteiger partial charge in [0.15, 0.2) is 10.8 Å².